The third-order valence-electron chi connectivity index (χ3n) is 4.00. The first kappa shape index (κ1) is 18.3. The molecule has 4 rings (SSSR count). The third-order valence-corrected chi connectivity index (χ3v) is 4.23. The van der Waals surface area contributed by atoms with Crippen LogP contribution in [0.15, 0.2) is 46.9 Å². The average Bonchev–Trinajstić information content (AvgIpc) is 3.01. The van der Waals surface area contributed by atoms with Gasteiger partial charge >= 0.3 is 0 Å². The van der Waals surface area contributed by atoms with E-state index in [0.29, 0.717) is 22.2 Å². The summed E-state index contributed by atoms with van der Waals surface area (Å²) in [6.45, 7) is 2.02. The normalized spacial score (nSPS) is 10.7. The van der Waals surface area contributed by atoms with Crippen molar-refractivity contribution in [2.24, 2.45) is 0 Å². The number of para-hydroxylation sites is 1. The van der Waals surface area contributed by atoms with E-state index in [1.54, 1.807) is 19.2 Å². The number of methoxy groups -OCH3 is 1. The summed E-state index contributed by atoms with van der Waals surface area (Å²) in [5, 5.41) is 4.86. The first-order valence-electron chi connectivity index (χ1n) is 7.98. The van der Waals surface area contributed by atoms with E-state index >= 15 is 0 Å². The molecule has 2 aromatic heterocycles. The molecule has 4 aromatic rings. The van der Waals surface area contributed by atoms with E-state index in [4.69, 9.17) is 20.8 Å². The Morgan fingerprint density at radius 2 is 1.96 bits per heavy atom. The molecule has 0 aliphatic heterocycles. The second kappa shape index (κ2) is 7.40. The molecule has 0 saturated carbocycles. The molecule has 0 unspecified atom stereocenters. The number of benzene rings is 2. The summed E-state index contributed by atoms with van der Waals surface area (Å²) in [6.07, 6.45) is 0.719. The number of halogens is 2. The molecular formula is C19H17Cl2N3O2. The number of furan rings is 1. The highest BCUT2D eigenvalue weighted by Crippen LogP contribution is 2.35. The van der Waals surface area contributed by atoms with Crippen LogP contribution in [0, 0.1) is 0 Å². The Bertz CT molecular complexity index is 1080. The lowest BCUT2D eigenvalue weighted by Crippen LogP contribution is -2.01. The van der Waals surface area contributed by atoms with Crippen molar-refractivity contribution in [1.82, 2.24) is 9.97 Å². The highest BCUT2D eigenvalue weighted by molar-refractivity contribution is 6.31. The average molecular weight is 390 g/mol. The van der Waals surface area contributed by atoms with Crippen LogP contribution in [0.1, 0.15) is 12.7 Å². The lowest BCUT2D eigenvalue weighted by Gasteiger charge is -2.11. The molecule has 0 bridgehead atoms. The molecule has 1 N–H and O–H groups in total. The van der Waals surface area contributed by atoms with E-state index < -0.39 is 0 Å². The molecule has 0 radical (unpaired) electrons. The predicted octanol–water partition coefficient (Wildman–Crippen LogP) is 5.77. The highest BCUT2D eigenvalue weighted by Gasteiger charge is 2.16. The number of aromatic nitrogens is 2. The van der Waals surface area contributed by atoms with Crippen LogP contribution in [0.4, 0.5) is 11.5 Å². The topological polar surface area (TPSA) is 60.2 Å². The summed E-state index contributed by atoms with van der Waals surface area (Å²) in [7, 11) is 1.61. The summed E-state index contributed by atoms with van der Waals surface area (Å²) in [5.74, 6) is 2.01. The highest BCUT2D eigenvalue weighted by atomic mass is 35.5. The van der Waals surface area contributed by atoms with Gasteiger partial charge in [-0.3, -0.25) is 0 Å². The second-order valence-electron chi connectivity index (χ2n) is 5.59. The number of rotatable bonds is 4. The van der Waals surface area contributed by atoms with Gasteiger partial charge in [0.1, 0.15) is 22.7 Å². The quantitative estimate of drug-likeness (QED) is 0.480. The summed E-state index contributed by atoms with van der Waals surface area (Å²) in [6, 6.07) is 13.2. The fourth-order valence-electron chi connectivity index (χ4n) is 2.79. The van der Waals surface area contributed by atoms with E-state index in [1.165, 1.54) is 0 Å². The van der Waals surface area contributed by atoms with Crippen LogP contribution >= 0.6 is 24.0 Å². The molecule has 0 saturated heterocycles. The van der Waals surface area contributed by atoms with Gasteiger partial charge in [0.2, 0.25) is 0 Å². The molecule has 2 heterocycles. The van der Waals surface area contributed by atoms with E-state index in [-0.39, 0.29) is 12.4 Å². The number of hydrogen-bond donors (Lipinski definition) is 1. The van der Waals surface area contributed by atoms with Crippen molar-refractivity contribution < 1.29 is 9.15 Å². The van der Waals surface area contributed by atoms with Gasteiger partial charge in [-0.2, -0.15) is 0 Å². The van der Waals surface area contributed by atoms with Crippen molar-refractivity contribution >= 4 is 57.6 Å². The Hall–Kier alpha value is -2.50. The standard InChI is InChI=1S/C19H16ClN3O2.ClH/c1-3-16-22-17-12-6-4-5-7-14(12)25-18(17)19(23-16)21-13-10-11(20)8-9-15(13)24-2;/h4-10H,3H2,1-2H3,(H,21,22,23);1H. The molecule has 0 amide bonds. The number of hydrogen-bond acceptors (Lipinski definition) is 5. The Labute approximate surface area is 161 Å². The van der Waals surface area contributed by atoms with E-state index in [1.807, 2.05) is 37.3 Å². The largest absolute Gasteiger partial charge is 0.495 e. The van der Waals surface area contributed by atoms with Crippen molar-refractivity contribution in [3.8, 4) is 5.75 Å². The van der Waals surface area contributed by atoms with Gasteiger partial charge in [0.05, 0.1) is 12.8 Å². The lowest BCUT2D eigenvalue weighted by molar-refractivity contribution is 0.417. The van der Waals surface area contributed by atoms with Crippen molar-refractivity contribution in [3.63, 3.8) is 0 Å². The van der Waals surface area contributed by atoms with Crippen molar-refractivity contribution in [2.45, 2.75) is 13.3 Å². The zero-order chi connectivity index (χ0) is 17.4. The number of aryl methyl sites for hydroxylation is 1. The minimum atomic E-state index is 0. The molecule has 7 heteroatoms. The Kier molecular flexibility index (Phi) is 5.20. The van der Waals surface area contributed by atoms with Crippen LogP contribution in [0.5, 0.6) is 5.75 Å². The maximum atomic E-state index is 6.13. The third kappa shape index (κ3) is 3.16. The Morgan fingerprint density at radius 3 is 2.73 bits per heavy atom. The summed E-state index contributed by atoms with van der Waals surface area (Å²) in [5.41, 5.74) is 2.91. The number of nitrogens with zero attached hydrogens (tertiary/aromatic N) is 2. The monoisotopic (exact) mass is 389 g/mol. The van der Waals surface area contributed by atoms with Crippen molar-refractivity contribution in [2.75, 3.05) is 12.4 Å². The SMILES string of the molecule is CCc1nc(Nc2cc(Cl)ccc2OC)c2oc3ccccc3c2n1.Cl. The minimum absolute atomic E-state index is 0. The molecule has 0 fully saturated rings. The van der Waals surface area contributed by atoms with Gasteiger partial charge in [0.25, 0.3) is 0 Å². The molecule has 5 nitrogen and oxygen atoms in total. The molecule has 2 aromatic carbocycles. The van der Waals surface area contributed by atoms with Crippen LogP contribution in [0.25, 0.3) is 22.1 Å². The second-order valence-corrected chi connectivity index (χ2v) is 6.02. The van der Waals surface area contributed by atoms with E-state index in [0.717, 1.165) is 34.4 Å². The maximum Gasteiger partial charge on any atom is 0.196 e. The zero-order valence-electron chi connectivity index (χ0n) is 14.2. The van der Waals surface area contributed by atoms with Crippen LogP contribution in [0.3, 0.4) is 0 Å². The molecule has 0 atom stereocenters. The Balaban J connectivity index is 0.00000196. The number of nitrogens with one attached hydrogen (secondary N) is 1. The van der Waals surface area contributed by atoms with Gasteiger partial charge in [0, 0.05) is 16.8 Å². The smallest absolute Gasteiger partial charge is 0.196 e. The summed E-state index contributed by atoms with van der Waals surface area (Å²) >= 11 is 6.13. The van der Waals surface area contributed by atoms with Crippen LogP contribution in [-0.4, -0.2) is 17.1 Å². The number of fused-ring (bicyclic) bond motifs is 3. The zero-order valence-corrected chi connectivity index (χ0v) is 15.8. The molecule has 0 spiro atoms. The van der Waals surface area contributed by atoms with Crippen molar-refractivity contribution in [1.29, 1.82) is 0 Å². The molecular weight excluding hydrogens is 373 g/mol. The summed E-state index contributed by atoms with van der Waals surface area (Å²) in [4.78, 5) is 9.24. The molecule has 0 aliphatic carbocycles. The lowest BCUT2D eigenvalue weighted by atomic mass is 10.2. The van der Waals surface area contributed by atoms with Gasteiger partial charge in [-0.25, -0.2) is 9.97 Å². The maximum absolute atomic E-state index is 6.13. The Morgan fingerprint density at radius 1 is 1.15 bits per heavy atom. The van der Waals surface area contributed by atoms with Crippen LogP contribution in [0.2, 0.25) is 5.02 Å². The van der Waals surface area contributed by atoms with E-state index in [2.05, 4.69) is 15.3 Å². The first-order chi connectivity index (χ1) is 12.2. The number of anilines is 2. The van der Waals surface area contributed by atoms with Crippen LogP contribution < -0.4 is 10.1 Å². The molecule has 0 aliphatic rings. The van der Waals surface area contributed by atoms with Crippen molar-refractivity contribution in [3.05, 3.63) is 53.3 Å². The van der Waals surface area contributed by atoms with Gasteiger partial charge in [-0.05, 0) is 30.3 Å². The van der Waals surface area contributed by atoms with Gasteiger partial charge in [-0.15, -0.1) is 12.4 Å². The van der Waals surface area contributed by atoms with Gasteiger partial charge in [-0.1, -0.05) is 30.7 Å². The fraction of sp³-hybridized carbons (Fsp3) is 0.158. The van der Waals surface area contributed by atoms with Gasteiger partial charge < -0.3 is 14.5 Å². The minimum Gasteiger partial charge on any atom is -0.495 e. The van der Waals surface area contributed by atoms with Gasteiger partial charge in [0.15, 0.2) is 11.4 Å². The van der Waals surface area contributed by atoms with Crippen LogP contribution in [-0.2, 0) is 6.42 Å². The van der Waals surface area contributed by atoms with E-state index in [9.17, 15) is 0 Å². The fourth-order valence-corrected chi connectivity index (χ4v) is 2.96. The first-order valence-corrected chi connectivity index (χ1v) is 8.36. The molecule has 26 heavy (non-hydrogen) atoms. The predicted molar refractivity (Wildman–Crippen MR) is 107 cm³/mol. The summed E-state index contributed by atoms with van der Waals surface area (Å²) < 4.78 is 11.4. The number of ether oxygens (including phenoxy) is 1. The molecule has 134 valence electrons.